The van der Waals surface area contributed by atoms with Gasteiger partial charge >= 0.3 is 0 Å². The molecule has 0 bridgehead atoms. The molecule has 0 fully saturated rings. The van der Waals surface area contributed by atoms with Crippen LogP contribution in [0.4, 0.5) is 5.82 Å². The number of amides is 1. The molecular weight excluding hydrogens is 324 g/mol. The maximum atomic E-state index is 12.1. The summed E-state index contributed by atoms with van der Waals surface area (Å²) in [5.41, 5.74) is 1.38. The maximum absolute atomic E-state index is 12.1. The molecule has 7 heteroatoms. The molecular formula is C17H24N4O2S. The first kappa shape index (κ1) is 17.1. The molecule has 1 amide bonds. The van der Waals surface area contributed by atoms with Crippen molar-refractivity contribution >= 4 is 33.3 Å². The summed E-state index contributed by atoms with van der Waals surface area (Å²) in [7, 11) is 3.53. The third-order valence-electron chi connectivity index (χ3n) is 4.44. The largest absolute Gasteiger partial charge is 0.383 e. The van der Waals surface area contributed by atoms with E-state index in [0.717, 1.165) is 34.8 Å². The lowest BCUT2D eigenvalue weighted by atomic mass is 9.89. The Morgan fingerprint density at radius 2 is 2.33 bits per heavy atom. The van der Waals surface area contributed by atoms with Crippen molar-refractivity contribution in [2.75, 3.05) is 38.8 Å². The van der Waals surface area contributed by atoms with Gasteiger partial charge in [-0.2, -0.15) is 0 Å². The SMILES string of the molecule is COCCNC(=O)CN(C)c1ncnc2sc3c(c12)CC[C@@H](C)C3. The third-order valence-corrected chi connectivity index (χ3v) is 5.60. The highest BCUT2D eigenvalue weighted by molar-refractivity contribution is 7.19. The Labute approximate surface area is 146 Å². The molecule has 0 spiro atoms. The molecule has 0 aliphatic heterocycles. The summed E-state index contributed by atoms with van der Waals surface area (Å²) in [6.45, 7) is 3.62. The van der Waals surface area contributed by atoms with Gasteiger partial charge in [0.2, 0.25) is 5.91 Å². The predicted octanol–water partition coefficient (Wildman–Crippen LogP) is 2.01. The van der Waals surface area contributed by atoms with Gasteiger partial charge in [0.15, 0.2) is 0 Å². The summed E-state index contributed by atoms with van der Waals surface area (Å²) in [5.74, 6) is 1.55. The van der Waals surface area contributed by atoms with Crippen LogP contribution in [-0.4, -0.2) is 49.7 Å². The Morgan fingerprint density at radius 1 is 1.50 bits per heavy atom. The molecule has 24 heavy (non-hydrogen) atoms. The topological polar surface area (TPSA) is 67.3 Å². The number of nitrogens with zero attached hydrogens (tertiary/aromatic N) is 3. The Hall–Kier alpha value is -1.73. The number of hydrogen-bond donors (Lipinski definition) is 1. The van der Waals surface area contributed by atoms with Crippen LogP contribution >= 0.6 is 11.3 Å². The van der Waals surface area contributed by atoms with Crippen LogP contribution in [0, 0.1) is 5.92 Å². The molecule has 0 aromatic carbocycles. The van der Waals surface area contributed by atoms with Crippen molar-refractivity contribution in [3.05, 3.63) is 16.8 Å². The van der Waals surface area contributed by atoms with E-state index in [1.54, 1.807) is 24.8 Å². The lowest BCUT2D eigenvalue weighted by molar-refractivity contribution is -0.119. The average molecular weight is 348 g/mol. The van der Waals surface area contributed by atoms with Gasteiger partial charge in [-0.1, -0.05) is 6.92 Å². The molecule has 2 aromatic rings. The quantitative estimate of drug-likeness (QED) is 0.809. The number of aromatic nitrogens is 2. The first-order chi connectivity index (χ1) is 11.6. The van der Waals surface area contributed by atoms with Gasteiger partial charge in [-0.3, -0.25) is 4.79 Å². The molecule has 0 saturated carbocycles. The minimum Gasteiger partial charge on any atom is -0.383 e. The van der Waals surface area contributed by atoms with Crippen LogP contribution in [0.5, 0.6) is 0 Å². The lowest BCUT2D eigenvalue weighted by Gasteiger charge is -2.21. The number of thiophene rings is 1. The van der Waals surface area contributed by atoms with Crippen LogP contribution in [0.1, 0.15) is 23.8 Å². The Bertz CT molecular complexity index is 731. The smallest absolute Gasteiger partial charge is 0.239 e. The highest BCUT2D eigenvalue weighted by Gasteiger charge is 2.24. The highest BCUT2D eigenvalue weighted by atomic mass is 32.1. The summed E-state index contributed by atoms with van der Waals surface area (Å²) in [6, 6.07) is 0. The molecule has 1 N–H and O–H groups in total. The van der Waals surface area contributed by atoms with E-state index in [4.69, 9.17) is 4.74 Å². The number of fused-ring (bicyclic) bond motifs is 3. The van der Waals surface area contributed by atoms with Crippen LogP contribution in [0.3, 0.4) is 0 Å². The van der Waals surface area contributed by atoms with Crippen LogP contribution in [0.15, 0.2) is 6.33 Å². The van der Waals surface area contributed by atoms with Gasteiger partial charge in [0.25, 0.3) is 0 Å². The molecule has 1 atom stereocenters. The summed E-state index contributed by atoms with van der Waals surface area (Å²) < 4.78 is 4.95. The summed E-state index contributed by atoms with van der Waals surface area (Å²) in [6.07, 6.45) is 5.00. The maximum Gasteiger partial charge on any atom is 0.239 e. The second-order valence-corrected chi connectivity index (χ2v) is 7.51. The van der Waals surface area contributed by atoms with Crippen molar-refractivity contribution in [2.24, 2.45) is 5.92 Å². The number of hydrogen-bond acceptors (Lipinski definition) is 6. The van der Waals surface area contributed by atoms with Gasteiger partial charge in [0, 0.05) is 25.6 Å². The summed E-state index contributed by atoms with van der Waals surface area (Å²) >= 11 is 1.78. The summed E-state index contributed by atoms with van der Waals surface area (Å²) in [4.78, 5) is 25.4. The van der Waals surface area contributed by atoms with E-state index in [9.17, 15) is 4.79 Å². The minimum absolute atomic E-state index is 0.0287. The standard InChI is InChI=1S/C17H24N4O2S/c1-11-4-5-12-13(8-11)24-17-15(12)16(19-10-20-17)21(2)9-14(22)18-6-7-23-3/h10-11H,4-9H2,1-3H3,(H,18,22)/t11-/m1/s1. The fourth-order valence-corrected chi connectivity index (χ4v) is 4.53. The lowest BCUT2D eigenvalue weighted by Crippen LogP contribution is -2.37. The van der Waals surface area contributed by atoms with Gasteiger partial charge in [0.1, 0.15) is 17.0 Å². The fraction of sp³-hybridized carbons (Fsp3) is 0.588. The van der Waals surface area contributed by atoms with Gasteiger partial charge in [-0.25, -0.2) is 9.97 Å². The second kappa shape index (κ2) is 7.44. The minimum atomic E-state index is -0.0287. The number of nitrogens with one attached hydrogen (secondary N) is 1. The van der Waals surface area contributed by atoms with Crippen LogP contribution in [0.25, 0.3) is 10.2 Å². The van der Waals surface area contributed by atoms with E-state index >= 15 is 0 Å². The van der Waals surface area contributed by atoms with Gasteiger partial charge in [-0.15, -0.1) is 11.3 Å². The number of rotatable bonds is 6. The normalized spacial score (nSPS) is 16.9. The molecule has 6 nitrogen and oxygen atoms in total. The van der Waals surface area contributed by atoms with E-state index in [1.165, 1.54) is 16.9 Å². The van der Waals surface area contributed by atoms with Crippen molar-refractivity contribution in [2.45, 2.75) is 26.2 Å². The molecule has 3 rings (SSSR count). The number of methoxy groups -OCH3 is 1. The van der Waals surface area contributed by atoms with E-state index < -0.39 is 0 Å². The van der Waals surface area contributed by atoms with Crippen LogP contribution in [0.2, 0.25) is 0 Å². The van der Waals surface area contributed by atoms with E-state index in [0.29, 0.717) is 13.2 Å². The summed E-state index contributed by atoms with van der Waals surface area (Å²) in [5, 5.41) is 3.98. The number of aryl methyl sites for hydroxylation is 1. The van der Waals surface area contributed by atoms with Gasteiger partial charge in [0.05, 0.1) is 18.5 Å². The van der Waals surface area contributed by atoms with E-state index in [2.05, 4.69) is 22.2 Å². The predicted molar refractivity (Wildman–Crippen MR) is 96.8 cm³/mol. The molecule has 1 aliphatic rings. The second-order valence-electron chi connectivity index (χ2n) is 6.43. The number of anilines is 1. The van der Waals surface area contributed by atoms with Crippen molar-refractivity contribution in [3.8, 4) is 0 Å². The van der Waals surface area contributed by atoms with E-state index in [1.807, 2.05) is 11.9 Å². The third kappa shape index (κ3) is 3.52. The molecule has 0 unspecified atom stereocenters. The zero-order valence-corrected chi connectivity index (χ0v) is 15.3. The number of carbonyl (C=O) groups excluding carboxylic acids is 1. The monoisotopic (exact) mass is 348 g/mol. The zero-order chi connectivity index (χ0) is 17.1. The van der Waals surface area contributed by atoms with Crippen molar-refractivity contribution in [1.29, 1.82) is 0 Å². The number of likely N-dealkylation sites (N-methyl/N-ethyl adjacent to an activating group) is 1. The van der Waals surface area contributed by atoms with Crippen molar-refractivity contribution < 1.29 is 9.53 Å². The molecule has 1 aliphatic carbocycles. The highest BCUT2D eigenvalue weighted by Crippen LogP contribution is 2.40. The number of ether oxygens (including phenoxy) is 1. The molecule has 0 saturated heterocycles. The van der Waals surface area contributed by atoms with Crippen molar-refractivity contribution in [3.63, 3.8) is 0 Å². The molecule has 130 valence electrons. The first-order valence-corrected chi connectivity index (χ1v) is 9.13. The fourth-order valence-electron chi connectivity index (χ4n) is 3.19. The zero-order valence-electron chi connectivity index (χ0n) is 14.5. The molecule has 2 heterocycles. The Morgan fingerprint density at radius 3 is 3.12 bits per heavy atom. The molecule has 2 aromatic heterocycles. The Balaban J connectivity index is 1.82. The van der Waals surface area contributed by atoms with Gasteiger partial charge in [-0.05, 0) is 30.7 Å². The first-order valence-electron chi connectivity index (χ1n) is 8.32. The molecule has 0 radical (unpaired) electrons. The van der Waals surface area contributed by atoms with Crippen LogP contribution in [-0.2, 0) is 22.4 Å². The van der Waals surface area contributed by atoms with Crippen molar-refractivity contribution in [1.82, 2.24) is 15.3 Å². The number of carbonyl (C=O) groups is 1. The average Bonchev–Trinajstić information content (AvgIpc) is 2.92. The Kier molecular flexibility index (Phi) is 5.30. The van der Waals surface area contributed by atoms with E-state index in [-0.39, 0.29) is 12.5 Å². The van der Waals surface area contributed by atoms with Gasteiger partial charge < -0.3 is 15.0 Å². The van der Waals surface area contributed by atoms with Crippen LogP contribution < -0.4 is 10.2 Å².